The molecule has 0 amide bonds. The van der Waals surface area contributed by atoms with E-state index in [0.29, 0.717) is 12.5 Å². The van der Waals surface area contributed by atoms with Crippen LogP contribution < -0.4 is 4.74 Å². The first kappa shape index (κ1) is 20.1. The van der Waals surface area contributed by atoms with Crippen LogP contribution in [0.15, 0.2) is 60.8 Å². The fourth-order valence-electron chi connectivity index (χ4n) is 3.36. The summed E-state index contributed by atoms with van der Waals surface area (Å²) in [5, 5.41) is 5.57. The van der Waals surface area contributed by atoms with E-state index >= 15 is 0 Å². The highest BCUT2D eigenvalue weighted by Crippen LogP contribution is 2.30. The van der Waals surface area contributed by atoms with Gasteiger partial charge in [-0.1, -0.05) is 56.3 Å². The highest BCUT2D eigenvalue weighted by Gasteiger charge is 2.15. The number of nitrogens with zero attached hydrogens (tertiary/aromatic N) is 4. The van der Waals surface area contributed by atoms with Crippen LogP contribution in [0.25, 0.3) is 27.7 Å². The Morgan fingerprint density at radius 2 is 1.68 bits per heavy atom. The molecule has 0 spiro atoms. The number of hydrogen-bond acceptors (Lipinski definition) is 4. The van der Waals surface area contributed by atoms with Gasteiger partial charge in [-0.3, -0.25) is 0 Å². The maximum absolute atomic E-state index is 6.13. The van der Waals surface area contributed by atoms with Crippen molar-refractivity contribution < 1.29 is 4.74 Å². The van der Waals surface area contributed by atoms with Crippen molar-refractivity contribution in [1.29, 1.82) is 0 Å². The lowest BCUT2D eigenvalue weighted by Gasteiger charge is -2.18. The molecular weight excluding hydrogens is 372 g/mol. The second-order valence-electron chi connectivity index (χ2n) is 6.47. The van der Waals surface area contributed by atoms with E-state index in [2.05, 4.69) is 42.0 Å². The van der Waals surface area contributed by atoms with Gasteiger partial charge in [0.25, 0.3) is 0 Å². The molecule has 2 heterocycles. The monoisotopic (exact) mass is 396 g/mol. The van der Waals surface area contributed by atoms with Crippen molar-refractivity contribution in [1.82, 2.24) is 19.5 Å². The minimum atomic E-state index is 0. The molecule has 0 bridgehead atoms. The first-order valence-electron chi connectivity index (χ1n) is 9.49. The maximum atomic E-state index is 6.13. The van der Waals surface area contributed by atoms with Gasteiger partial charge in [-0.2, -0.15) is 10.1 Å². The number of aromatic nitrogens is 3. The van der Waals surface area contributed by atoms with Gasteiger partial charge in [0.05, 0.1) is 17.1 Å². The predicted octanol–water partition coefficient (Wildman–Crippen LogP) is 4.69. The molecule has 0 unspecified atom stereocenters. The van der Waals surface area contributed by atoms with Crippen molar-refractivity contribution in [3.63, 3.8) is 0 Å². The van der Waals surface area contributed by atoms with Gasteiger partial charge in [-0.05, 0) is 30.8 Å². The molecule has 4 rings (SSSR count). The molecule has 0 aliphatic heterocycles. The zero-order valence-corrected chi connectivity index (χ0v) is 17.0. The number of halogens is 1. The highest BCUT2D eigenvalue weighted by atomic mass is 35.5. The summed E-state index contributed by atoms with van der Waals surface area (Å²) in [6, 6.07) is 18.4. The number of fused-ring (bicyclic) bond motifs is 3. The molecule has 5 nitrogen and oxygen atoms in total. The number of para-hydroxylation sites is 1. The molecule has 0 atom stereocenters. The van der Waals surface area contributed by atoms with Crippen molar-refractivity contribution >= 4 is 29.0 Å². The highest BCUT2D eigenvalue weighted by molar-refractivity contribution is 5.89. The van der Waals surface area contributed by atoms with Crippen LogP contribution in [0, 0.1) is 0 Å². The van der Waals surface area contributed by atoms with Crippen molar-refractivity contribution in [2.75, 3.05) is 26.2 Å². The van der Waals surface area contributed by atoms with E-state index in [1.54, 1.807) is 0 Å². The molecule has 28 heavy (non-hydrogen) atoms. The number of ether oxygens (including phenoxy) is 1. The third kappa shape index (κ3) is 3.81. The third-order valence-electron chi connectivity index (χ3n) is 4.94. The molecule has 2 aromatic carbocycles. The molecule has 0 fully saturated rings. The lowest BCUT2D eigenvalue weighted by Crippen LogP contribution is -2.28. The van der Waals surface area contributed by atoms with E-state index in [9.17, 15) is 0 Å². The van der Waals surface area contributed by atoms with Crippen molar-refractivity contribution in [3.05, 3.63) is 60.8 Å². The molecule has 0 saturated carbocycles. The van der Waals surface area contributed by atoms with Crippen LogP contribution in [-0.4, -0.2) is 45.7 Å². The van der Waals surface area contributed by atoms with Crippen molar-refractivity contribution in [2.45, 2.75) is 13.8 Å². The molecule has 0 aliphatic carbocycles. The molecule has 6 heteroatoms. The van der Waals surface area contributed by atoms with Gasteiger partial charge < -0.3 is 9.64 Å². The van der Waals surface area contributed by atoms with Gasteiger partial charge in [0.2, 0.25) is 5.88 Å². The lowest BCUT2D eigenvalue weighted by molar-refractivity contribution is 0.220. The SMILES string of the molecule is CCN(CC)CCOc1nc2c(-c3ccccc3)cnn2c2ccccc12.Cl. The van der Waals surface area contributed by atoms with Gasteiger partial charge >= 0.3 is 0 Å². The van der Waals surface area contributed by atoms with Crippen LogP contribution in [0.4, 0.5) is 0 Å². The van der Waals surface area contributed by atoms with Gasteiger partial charge in [-0.15, -0.1) is 12.4 Å². The average molecular weight is 397 g/mol. The van der Waals surface area contributed by atoms with E-state index in [-0.39, 0.29) is 12.4 Å². The summed E-state index contributed by atoms with van der Waals surface area (Å²) >= 11 is 0. The van der Waals surface area contributed by atoms with Crippen LogP contribution in [-0.2, 0) is 0 Å². The summed E-state index contributed by atoms with van der Waals surface area (Å²) in [6.45, 7) is 7.88. The second kappa shape index (κ2) is 9.04. The number of hydrogen-bond donors (Lipinski definition) is 0. The average Bonchev–Trinajstić information content (AvgIpc) is 3.16. The number of likely N-dealkylation sites (N-methyl/N-ethyl adjacent to an activating group) is 1. The van der Waals surface area contributed by atoms with E-state index in [1.165, 1.54) is 0 Å². The molecule has 4 aromatic rings. The molecular formula is C22H25ClN4O. The number of rotatable bonds is 7. The molecule has 2 aromatic heterocycles. The topological polar surface area (TPSA) is 42.7 Å². The summed E-state index contributed by atoms with van der Waals surface area (Å²) < 4.78 is 8.03. The molecule has 146 valence electrons. The summed E-state index contributed by atoms with van der Waals surface area (Å²) in [6.07, 6.45) is 1.88. The van der Waals surface area contributed by atoms with E-state index in [4.69, 9.17) is 9.72 Å². The second-order valence-corrected chi connectivity index (χ2v) is 6.47. The van der Waals surface area contributed by atoms with Gasteiger partial charge in [0.1, 0.15) is 6.61 Å². The fourth-order valence-corrected chi connectivity index (χ4v) is 3.36. The first-order valence-corrected chi connectivity index (χ1v) is 9.49. The Morgan fingerprint density at radius 3 is 2.43 bits per heavy atom. The van der Waals surface area contributed by atoms with Crippen LogP contribution in [0.1, 0.15) is 13.8 Å². The first-order chi connectivity index (χ1) is 13.3. The normalized spacial score (nSPS) is 11.1. The molecule has 0 aliphatic rings. The Kier molecular flexibility index (Phi) is 6.49. The zero-order chi connectivity index (χ0) is 18.6. The quantitative estimate of drug-likeness (QED) is 0.454. The minimum Gasteiger partial charge on any atom is -0.476 e. The van der Waals surface area contributed by atoms with Crippen LogP contribution in [0.3, 0.4) is 0 Å². The van der Waals surface area contributed by atoms with E-state index in [0.717, 1.165) is 47.3 Å². The smallest absolute Gasteiger partial charge is 0.225 e. The summed E-state index contributed by atoms with van der Waals surface area (Å²) in [4.78, 5) is 7.19. The van der Waals surface area contributed by atoms with E-state index < -0.39 is 0 Å². The largest absolute Gasteiger partial charge is 0.476 e. The van der Waals surface area contributed by atoms with Crippen molar-refractivity contribution in [3.8, 4) is 17.0 Å². The fraction of sp³-hybridized carbons (Fsp3) is 0.273. The lowest BCUT2D eigenvalue weighted by atomic mass is 10.1. The predicted molar refractivity (Wildman–Crippen MR) is 116 cm³/mol. The number of benzene rings is 2. The van der Waals surface area contributed by atoms with Gasteiger partial charge in [0.15, 0.2) is 5.65 Å². The standard InChI is InChI=1S/C22H24N4O.ClH/c1-3-25(4-2)14-15-27-22-18-12-8-9-13-20(18)26-21(24-22)19(16-23-26)17-10-6-5-7-11-17;/h5-13,16H,3-4,14-15H2,1-2H3;1H. The van der Waals surface area contributed by atoms with Crippen molar-refractivity contribution in [2.24, 2.45) is 0 Å². The summed E-state index contributed by atoms with van der Waals surface area (Å²) in [5.74, 6) is 0.669. The Bertz CT molecular complexity index is 1040. The van der Waals surface area contributed by atoms with Gasteiger partial charge in [0, 0.05) is 12.1 Å². The Hall–Kier alpha value is -2.63. The summed E-state index contributed by atoms with van der Waals surface area (Å²) in [5.41, 5.74) is 3.93. The molecule has 0 N–H and O–H groups in total. The molecule has 0 saturated heterocycles. The zero-order valence-electron chi connectivity index (χ0n) is 16.2. The maximum Gasteiger partial charge on any atom is 0.225 e. The van der Waals surface area contributed by atoms with Gasteiger partial charge in [-0.25, -0.2) is 4.52 Å². The Balaban J connectivity index is 0.00000225. The van der Waals surface area contributed by atoms with Crippen LogP contribution >= 0.6 is 12.4 Å². The minimum absolute atomic E-state index is 0. The van der Waals surface area contributed by atoms with Crippen LogP contribution in [0.2, 0.25) is 0 Å². The Morgan fingerprint density at radius 1 is 0.964 bits per heavy atom. The Labute approximate surface area is 171 Å². The summed E-state index contributed by atoms with van der Waals surface area (Å²) in [7, 11) is 0. The molecule has 0 radical (unpaired) electrons. The van der Waals surface area contributed by atoms with E-state index in [1.807, 2.05) is 47.1 Å². The van der Waals surface area contributed by atoms with Crippen LogP contribution in [0.5, 0.6) is 5.88 Å². The third-order valence-corrected chi connectivity index (χ3v) is 4.94.